The zero-order valence-corrected chi connectivity index (χ0v) is 29.9. The van der Waals surface area contributed by atoms with Crippen molar-refractivity contribution in [2.24, 2.45) is 5.10 Å². The SMILES string of the molecule is CCOC(=O)N1N=C(OCC)O[SiH-]12N(c1c(C(C)C)cccc1C(C)C)C(C)=CC(C)=[N+]2c1c(C(C)C)cccc1C(C)C. The second-order valence-electron chi connectivity index (χ2n) is 13.0. The summed E-state index contributed by atoms with van der Waals surface area (Å²) in [4.78, 5) is 14.1. The summed E-state index contributed by atoms with van der Waals surface area (Å²) in [6, 6.07) is 13.0. The van der Waals surface area contributed by atoms with E-state index in [4.69, 9.17) is 19.0 Å². The van der Waals surface area contributed by atoms with Crippen molar-refractivity contribution in [3.05, 3.63) is 70.4 Å². The minimum absolute atomic E-state index is 0.0873. The molecule has 8 nitrogen and oxygen atoms in total. The molecular formula is C35H52N4O4Si. The molecular weight excluding hydrogens is 568 g/mol. The van der Waals surface area contributed by atoms with Crippen LogP contribution in [0.1, 0.15) is 129 Å². The van der Waals surface area contributed by atoms with Crippen molar-refractivity contribution in [1.82, 2.24) is 4.67 Å². The molecule has 4 rings (SSSR count). The van der Waals surface area contributed by atoms with E-state index < -0.39 is 14.9 Å². The van der Waals surface area contributed by atoms with Crippen LogP contribution in [-0.4, -0.2) is 48.8 Å². The van der Waals surface area contributed by atoms with Gasteiger partial charge in [0, 0.05) is 0 Å². The van der Waals surface area contributed by atoms with Gasteiger partial charge in [-0.15, -0.1) is 0 Å². The van der Waals surface area contributed by atoms with E-state index in [1.165, 1.54) is 26.9 Å². The van der Waals surface area contributed by atoms with Crippen molar-refractivity contribution in [1.29, 1.82) is 0 Å². The van der Waals surface area contributed by atoms with Crippen molar-refractivity contribution < 1.29 is 22.9 Å². The Balaban J connectivity index is 2.25. The number of nitrogens with zero attached hydrogens (tertiary/aromatic N) is 4. The summed E-state index contributed by atoms with van der Waals surface area (Å²) in [5.41, 5.74) is 8.81. The van der Waals surface area contributed by atoms with E-state index in [0.717, 1.165) is 22.8 Å². The zero-order valence-electron chi connectivity index (χ0n) is 28.8. The molecule has 1 spiro atoms. The van der Waals surface area contributed by atoms with Gasteiger partial charge in [-0.05, 0) is 0 Å². The van der Waals surface area contributed by atoms with Gasteiger partial charge in [0.25, 0.3) is 0 Å². The predicted molar refractivity (Wildman–Crippen MR) is 182 cm³/mol. The van der Waals surface area contributed by atoms with Crippen molar-refractivity contribution in [3.63, 3.8) is 0 Å². The van der Waals surface area contributed by atoms with Gasteiger partial charge < -0.3 is 0 Å². The van der Waals surface area contributed by atoms with E-state index in [1.807, 2.05) is 13.8 Å². The number of carbonyl (C=O) groups is 1. The number of carbonyl (C=O) groups excluding carboxylic acids is 1. The first-order chi connectivity index (χ1) is 20.8. The van der Waals surface area contributed by atoms with Crippen LogP contribution in [0.4, 0.5) is 16.2 Å². The van der Waals surface area contributed by atoms with Crippen LogP contribution in [0.15, 0.2) is 53.3 Å². The molecule has 0 saturated carbocycles. The van der Waals surface area contributed by atoms with Gasteiger partial charge in [-0.1, -0.05) is 0 Å². The molecule has 1 amide bonds. The average molecular weight is 621 g/mol. The average Bonchev–Trinajstić information content (AvgIpc) is 3.31. The van der Waals surface area contributed by atoms with E-state index in [0.29, 0.717) is 6.61 Å². The van der Waals surface area contributed by atoms with E-state index in [1.54, 1.807) is 0 Å². The Morgan fingerprint density at radius 1 is 0.841 bits per heavy atom. The van der Waals surface area contributed by atoms with E-state index in [-0.39, 0.29) is 36.4 Å². The summed E-state index contributed by atoms with van der Waals surface area (Å²) in [6.45, 7) is 26.2. The quantitative estimate of drug-likeness (QED) is 0.276. The van der Waals surface area contributed by atoms with Gasteiger partial charge in [0.2, 0.25) is 0 Å². The summed E-state index contributed by atoms with van der Waals surface area (Å²) in [6.07, 6.45) is 1.74. The number of benzene rings is 2. The number of para-hydroxylation sites is 2. The Hall–Kier alpha value is -3.59. The molecule has 2 aliphatic heterocycles. The number of rotatable bonds is 8. The van der Waals surface area contributed by atoms with Crippen LogP contribution >= 0.6 is 0 Å². The molecule has 0 radical (unpaired) electrons. The molecule has 0 unspecified atom stereocenters. The fourth-order valence-electron chi connectivity index (χ4n) is 6.61. The molecule has 9 heteroatoms. The number of hydrogen-bond donors (Lipinski definition) is 0. The Morgan fingerprint density at radius 3 is 1.80 bits per heavy atom. The Morgan fingerprint density at radius 2 is 1.34 bits per heavy atom. The zero-order chi connectivity index (χ0) is 32.5. The maximum atomic E-state index is 14.1. The Kier molecular flexibility index (Phi) is 9.98. The second-order valence-corrected chi connectivity index (χ2v) is 16.1. The minimum atomic E-state index is -4.39. The van der Waals surface area contributed by atoms with E-state index in [9.17, 15) is 4.79 Å². The first kappa shape index (κ1) is 33.3. The molecule has 0 N–H and O–H groups in total. The normalized spacial score (nSPS) is 17.1. The topological polar surface area (TPSA) is 66.6 Å². The molecule has 2 aromatic carbocycles. The number of hydrogen-bond acceptors (Lipinski definition) is 6. The number of hydrazone groups is 1. The molecule has 0 aromatic heterocycles. The Bertz CT molecular complexity index is 1440. The van der Waals surface area contributed by atoms with Gasteiger partial charge in [-0.2, -0.15) is 0 Å². The van der Waals surface area contributed by atoms with Gasteiger partial charge in [0.05, 0.1) is 0 Å². The molecule has 0 bridgehead atoms. The molecule has 0 fully saturated rings. The van der Waals surface area contributed by atoms with Gasteiger partial charge >= 0.3 is 266 Å². The summed E-state index contributed by atoms with van der Waals surface area (Å²) < 4.78 is 25.0. The number of allylic oxidation sites excluding steroid dienone is 2. The number of ether oxygens (including phenoxy) is 2. The fourth-order valence-corrected chi connectivity index (χ4v) is 11.0. The number of amides is 1. The fraction of sp³-hybridized carbons (Fsp3) is 0.514. The first-order valence-corrected chi connectivity index (χ1v) is 18.2. The van der Waals surface area contributed by atoms with Crippen LogP contribution in [0, 0.1) is 0 Å². The van der Waals surface area contributed by atoms with Crippen molar-refractivity contribution in [2.75, 3.05) is 17.8 Å². The second kappa shape index (κ2) is 13.2. The van der Waals surface area contributed by atoms with Crippen molar-refractivity contribution in [2.45, 2.75) is 107 Å². The van der Waals surface area contributed by atoms with E-state index in [2.05, 4.69) is 121 Å². The van der Waals surface area contributed by atoms with Gasteiger partial charge in [-0.25, -0.2) is 0 Å². The third-order valence-corrected chi connectivity index (χ3v) is 12.7. The molecule has 2 aromatic rings. The number of anilines is 1. The van der Waals surface area contributed by atoms with Crippen molar-refractivity contribution in [3.8, 4) is 0 Å². The molecule has 44 heavy (non-hydrogen) atoms. The van der Waals surface area contributed by atoms with Crippen LogP contribution in [0.2, 0.25) is 0 Å². The Labute approximate surface area is 265 Å². The van der Waals surface area contributed by atoms with E-state index >= 15 is 0 Å². The predicted octanol–water partition coefficient (Wildman–Crippen LogP) is 8.67. The van der Waals surface area contributed by atoms with Crippen LogP contribution < -0.4 is 4.57 Å². The molecule has 0 saturated heterocycles. The summed E-state index contributed by atoms with van der Waals surface area (Å²) in [5.74, 6) is 0.858. The van der Waals surface area contributed by atoms with Gasteiger partial charge in [-0.3, -0.25) is 0 Å². The van der Waals surface area contributed by atoms with Crippen molar-refractivity contribution >= 4 is 38.1 Å². The van der Waals surface area contributed by atoms with Gasteiger partial charge in [0.15, 0.2) is 0 Å². The van der Waals surface area contributed by atoms with Crippen LogP contribution in [-0.2, 0) is 13.9 Å². The molecule has 2 heterocycles. The van der Waals surface area contributed by atoms with Crippen LogP contribution in [0.25, 0.3) is 0 Å². The summed E-state index contributed by atoms with van der Waals surface area (Å²) in [7, 11) is -4.39. The molecule has 0 atom stereocenters. The summed E-state index contributed by atoms with van der Waals surface area (Å²) >= 11 is 0. The monoisotopic (exact) mass is 620 g/mol. The summed E-state index contributed by atoms with van der Waals surface area (Å²) in [5, 5.41) is 4.77. The first-order valence-electron chi connectivity index (χ1n) is 16.2. The molecule has 240 valence electrons. The van der Waals surface area contributed by atoms with Gasteiger partial charge in [0.1, 0.15) is 0 Å². The molecule has 0 aliphatic carbocycles. The van der Waals surface area contributed by atoms with Crippen LogP contribution in [0.3, 0.4) is 0 Å². The third kappa shape index (κ3) is 5.66. The maximum absolute atomic E-state index is 14.1. The standard InChI is InChI=1S/C35H52N4O4Si/c1-13-41-34-36-39(35(40)42-14-2)44(43-34)37(32-28(22(3)4)17-15-18-29(32)23(5)6)26(11)21-27(12)38(44)33-30(24(7)8)19-16-20-31(33)25(9)10/h15-25,44H,13-14H2,1-12H3. The third-order valence-electron chi connectivity index (χ3n) is 8.51. The molecule has 2 aliphatic rings. The van der Waals surface area contributed by atoms with Crippen LogP contribution in [0.5, 0.6) is 0 Å².